The molecule has 0 aromatic heterocycles. The third-order valence-corrected chi connectivity index (χ3v) is 5.45. The van der Waals surface area contributed by atoms with Gasteiger partial charge in [-0.25, -0.2) is 0 Å². The van der Waals surface area contributed by atoms with Crippen molar-refractivity contribution in [3.05, 3.63) is 35.4 Å². The molecule has 0 amide bonds. The van der Waals surface area contributed by atoms with Crippen molar-refractivity contribution in [3.8, 4) is 34.5 Å². The first kappa shape index (κ1) is 26.6. The zero-order valence-corrected chi connectivity index (χ0v) is 20.1. The van der Waals surface area contributed by atoms with Gasteiger partial charge in [0.05, 0.1) is 40.7 Å². The smallest absolute Gasteiger partial charge is 0.203 e. The summed E-state index contributed by atoms with van der Waals surface area (Å²) >= 11 is 0. The van der Waals surface area contributed by atoms with E-state index in [4.69, 9.17) is 29.1 Å². The van der Waals surface area contributed by atoms with E-state index < -0.39 is 12.0 Å². The fourth-order valence-corrected chi connectivity index (χ4v) is 3.92. The molecule has 10 heteroatoms. The molecule has 34 heavy (non-hydrogen) atoms. The normalized spacial score (nSPS) is 16.3. The molecule has 0 spiro atoms. The molecule has 0 radical (unpaired) electrons. The number of carbonyl (C=O) groups excluding carboxylic acids is 1. The van der Waals surface area contributed by atoms with Crippen molar-refractivity contribution in [2.45, 2.75) is 18.9 Å². The number of nitrogens with one attached hydrogen (secondary N) is 2. The van der Waals surface area contributed by atoms with Gasteiger partial charge in [0.2, 0.25) is 5.75 Å². The van der Waals surface area contributed by atoms with Crippen molar-refractivity contribution in [1.82, 2.24) is 5.32 Å². The van der Waals surface area contributed by atoms with Crippen LogP contribution in [0.4, 0.5) is 0 Å². The molecule has 3 rings (SSSR count). The molecule has 0 bridgehead atoms. The fraction of sp³-hybridized carbons (Fsp3) is 0.417. The zero-order valence-electron chi connectivity index (χ0n) is 20.1. The number of phenolic OH excluding ortho intramolecular Hbond substituents is 1. The predicted molar refractivity (Wildman–Crippen MR) is 128 cm³/mol. The van der Waals surface area contributed by atoms with E-state index >= 15 is 0 Å². The van der Waals surface area contributed by atoms with E-state index in [0.717, 1.165) is 19.3 Å². The number of hydrogen-bond donors (Lipinski definition) is 4. The molecule has 1 aliphatic rings. The maximum atomic E-state index is 13.5. The van der Waals surface area contributed by atoms with Crippen molar-refractivity contribution < 1.29 is 33.6 Å². The summed E-state index contributed by atoms with van der Waals surface area (Å²) < 4.78 is 27.9. The van der Waals surface area contributed by atoms with Gasteiger partial charge >= 0.3 is 0 Å². The molecule has 2 unspecified atom stereocenters. The van der Waals surface area contributed by atoms with Crippen LogP contribution in [0.5, 0.6) is 34.5 Å². The largest absolute Gasteiger partial charge is 0.507 e. The van der Waals surface area contributed by atoms with E-state index in [2.05, 4.69) is 11.1 Å². The summed E-state index contributed by atoms with van der Waals surface area (Å²) in [6.45, 7) is 0.757. The van der Waals surface area contributed by atoms with Crippen LogP contribution in [0, 0.1) is 11.3 Å². The van der Waals surface area contributed by atoms with Crippen LogP contribution in [0.3, 0.4) is 0 Å². The maximum absolute atomic E-state index is 13.5. The summed E-state index contributed by atoms with van der Waals surface area (Å²) in [4.78, 5) is 13.5. The lowest BCUT2D eigenvalue weighted by Gasteiger charge is -2.34. The van der Waals surface area contributed by atoms with Crippen LogP contribution >= 0.6 is 0 Å². The van der Waals surface area contributed by atoms with Crippen molar-refractivity contribution in [3.63, 3.8) is 0 Å². The van der Waals surface area contributed by atoms with Crippen LogP contribution in [0.1, 0.15) is 34.9 Å². The average molecular weight is 476 g/mol. The minimum Gasteiger partial charge on any atom is -0.507 e. The summed E-state index contributed by atoms with van der Waals surface area (Å²) in [5, 5.41) is 19.4. The Kier molecular flexibility index (Phi) is 9.81. The van der Waals surface area contributed by atoms with E-state index in [1.807, 2.05) is 7.05 Å². The van der Waals surface area contributed by atoms with E-state index in [1.54, 1.807) is 18.2 Å². The summed E-state index contributed by atoms with van der Waals surface area (Å²) in [5.41, 5.74) is 5.28. The number of hydrogen-bond acceptors (Lipinski definition) is 9. The van der Waals surface area contributed by atoms with Gasteiger partial charge in [0.1, 0.15) is 28.9 Å². The van der Waals surface area contributed by atoms with E-state index in [-0.39, 0.29) is 22.8 Å². The topological polar surface area (TPSA) is 145 Å². The lowest BCUT2D eigenvalue weighted by Crippen LogP contribution is -2.32. The molecule has 2 aromatic rings. The molecule has 1 heterocycles. The highest BCUT2D eigenvalue weighted by Crippen LogP contribution is 2.48. The summed E-state index contributed by atoms with van der Waals surface area (Å²) in [5.74, 6) is 1.27. The van der Waals surface area contributed by atoms with Crippen LogP contribution in [-0.4, -0.2) is 59.3 Å². The van der Waals surface area contributed by atoms with Gasteiger partial charge in [-0.15, -0.1) is 0 Å². The molecule has 10 nitrogen and oxygen atoms in total. The number of ketones is 1. The Morgan fingerprint density at radius 3 is 2.21 bits per heavy atom. The third kappa shape index (κ3) is 5.63. The van der Waals surface area contributed by atoms with Gasteiger partial charge in [-0.3, -0.25) is 10.2 Å². The number of rotatable bonds is 9. The first-order chi connectivity index (χ1) is 16.4. The number of benzene rings is 2. The zero-order chi connectivity index (χ0) is 25.3. The number of phenols is 1. The highest BCUT2D eigenvalue weighted by molar-refractivity contribution is 6.04. The van der Waals surface area contributed by atoms with Gasteiger partial charge in [0.25, 0.3) is 0 Å². The molecular weight excluding hydrogens is 442 g/mol. The van der Waals surface area contributed by atoms with Gasteiger partial charge in [0.15, 0.2) is 17.3 Å². The van der Waals surface area contributed by atoms with Crippen LogP contribution in [0.15, 0.2) is 24.3 Å². The van der Waals surface area contributed by atoms with E-state index in [9.17, 15) is 9.90 Å². The first-order valence-corrected chi connectivity index (χ1v) is 10.7. The van der Waals surface area contributed by atoms with Crippen LogP contribution in [-0.2, 0) is 0 Å². The van der Waals surface area contributed by atoms with Crippen LogP contribution in [0.25, 0.3) is 0 Å². The van der Waals surface area contributed by atoms with Crippen molar-refractivity contribution in [2.24, 2.45) is 11.7 Å². The van der Waals surface area contributed by atoms with Crippen molar-refractivity contribution in [1.29, 1.82) is 5.41 Å². The number of ether oxygens (including phenoxy) is 5. The van der Waals surface area contributed by atoms with E-state index in [0.29, 0.717) is 35.0 Å². The second kappa shape index (κ2) is 12.5. The van der Waals surface area contributed by atoms with Gasteiger partial charge in [-0.2, -0.15) is 0 Å². The molecular formula is C24H33N3O7. The Balaban J connectivity index is 0.00000129. The molecule has 2 aromatic carbocycles. The van der Waals surface area contributed by atoms with Crippen molar-refractivity contribution in [2.75, 3.05) is 42.0 Å². The van der Waals surface area contributed by atoms with Gasteiger partial charge in [-0.05, 0) is 38.6 Å². The second-order valence-corrected chi connectivity index (χ2v) is 7.40. The number of carbonyl (C=O) groups is 1. The Morgan fingerprint density at radius 2 is 1.71 bits per heavy atom. The summed E-state index contributed by atoms with van der Waals surface area (Å²) in [6.07, 6.45) is 1.49. The molecule has 0 aliphatic carbocycles. The minimum atomic E-state index is -0.600. The Hall–Kier alpha value is -3.66. The number of fused-ring (bicyclic) bond motifs is 1. The predicted octanol–water partition coefficient (Wildman–Crippen LogP) is 2.91. The van der Waals surface area contributed by atoms with Crippen molar-refractivity contribution >= 4 is 12.1 Å². The molecule has 0 saturated heterocycles. The lowest BCUT2D eigenvalue weighted by molar-refractivity contribution is 0.0625. The Labute approximate surface area is 199 Å². The van der Waals surface area contributed by atoms with Gasteiger partial charge in [-0.1, -0.05) is 0 Å². The van der Waals surface area contributed by atoms with E-state index in [1.165, 1.54) is 34.5 Å². The summed E-state index contributed by atoms with van der Waals surface area (Å²) in [7, 11) is 7.96. The molecule has 0 saturated carbocycles. The molecule has 2 atom stereocenters. The first-order valence-electron chi connectivity index (χ1n) is 10.7. The van der Waals surface area contributed by atoms with Crippen LogP contribution in [0.2, 0.25) is 0 Å². The number of methoxy groups -OCH3 is 4. The van der Waals surface area contributed by atoms with Gasteiger partial charge < -0.3 is 39.8 Å². The highest BCUT2D eigenvalue weighted by atomic mass is 16.5. The second-order valence-electron chi connectivity index (χ2n) is 7.40. The maximum Gasteiger partial charge on any atom is 0.203 e. The van der Waals surface area contributed by atoms with Gasteiger partial charge in [0, 0.05) is 17.7 Å². The van der Waals surface area contributed by atoms with Crippen LogP contribution < -0.4 is 34.7 Å². The minimum absolute atomic E-state index is 0.152. The summed E-state index contributed by atoms with van der Waals surface area (Å²) in [6, 6.07) is 6.61. The Morgan fingerprint density at radius 1 is 1.09 bits per heavy atom. The quantitative estimate of drug-likeness (QED) is 0.244. The number of aromatic hydroxyl groups is 1. The highest BCUT2D eigenvalue weighted by Gasteiger charge is 2.40. The lowest BCUT2D eigenvalue weighted by atomic mass is 9.82. The SMILES string of the molecule is CNCCCC1C(=O)c2c(O)cc(OC)cc2OC1c1cc(OC)c(OC)c(OC)c1.N=CN. The fourth-order valence-electron chi connectivity index (χ4n) is 3.92. The standard InChI is InChI=1S/C23H29NO7.CH4N2/c1-24-8-6-7-15-21(26)20-16(25)11-14(27-2)12-17(20)31-22(15)13-9-18(28-3)23(30-5)19(10-13)29-4;2-1-3/h9-12,15,22,24-25H,6-8H2,1-5H3;1H,(H3,2,3). The number of nitrogens with two attached hydrogens (primary N) is 1. The monoisotopic (exact) mass is 475 g/mol. The average Bonchev–Trinajstić information content (AvgIpc) is 2.84. The number of Topliss-reactive ketones (excluding diaryl/α,β-unsaturated/α-hetero) is 1. The third-order valence-electron chi connectivity index (χ3n) is 5.45. The Bertz CT molecular complexity index is 972. The molecule has 1 aliphatic heterocycles. The molecule has 5 N–H and O–H groups in total. The molecule has 186 valence electrons. The molecule has 0 fully saturated rings.